The van der Waals surface area contributed by atoms with Crippen LogP contribution in [0.4, 0.5) is 10.1 Å². The molecule has 0 fully saturated rings. The van der Waals surface area contributed by atoms with E-state index in [1.807, 2.05) is 0 Å². The maximum absolute atomic E-state index is 13.8. The van der Waals surface area contributed by atoms with Gasteiger partial charge in [0.25, 0.3) is 5.91 Å². The molecule has 31 heavy (non-hydrogen) atoms. The molecule has 0 bridgehead atoms. The number of hydrogen-bond acceptors (Lipinski definition) is 5. The fourth-order valence-electron chi connectivity index (χ4n) is 2.72. The highest BCUT2D eigenvalue weighted by Crippen LogP contribution is 2.26. The zero-order chi connectivity index (χ0) is 22.5. The molecule has 2 amide bonds. The second kappa shape index (κ2) is 10.1. The number of benzene rings is 2. The molecule has 0 spiro atoms. The lowest BCUT2D eigenvalue weighted by Gasteiger charge is -2.14. The molecule has 1 aromatic heterocycles. The summed E-state index contributed by atoms with van der Waals surface area (Å²) in [6.07, 6.45) is 0. The minimum Gasteiger partial charge on any atom is -0.342 e. The van der Waals surface area contributed by atoms with Gasteiger partial charge in [-0.3, -0.25) is 9.59 Å². The second-order valence-corrected chi connectivity index (χ2v) is 8.32. The van der Waals surface area contributed by atoms with E-state index in [1.165, 1.54) is 36.0 Å². The largest absolute Gasteiger partial charge is 0.342 e. The second-order valence-electron chi connectivity index (χ2n) is 6.54. The molecule has 1 heterocycles. The van der Waals surface area contributed by atoms with Gasteiger partial charge in [-0.25, -0.2) is 4.39 Å². The summed E-state index contributed by atoms with van der Waals surface area (Å²) in [6, 6.07) is 9.98. The lowest BCUT2D eigenvalue weighted by Crippen LogP contribution is -2.29. The highest BCUT2D eigenvalue weighted by Gasteiger charge is 2.20. The maximum atomic E-state index is 13.8. The van der Waals surface area contributed by atoms with E-state index in [0.717, 1.165) is 0 Å². The third-order valence-corrected chi connectivity index (χ3v) is 5.83. The summed E-state index contributed by atoms with van der Waals surface area (Å²) in [7, 11) is 1.72. The van der Waals surface area contributed by atoms with Crippen LogP contribution in [-0.4, -0.2) is 32.3 Å². The van der Waals surface area contributed by atoms with Crippen LogP contribution in [0.5, 0.6) is 0 Å². The summed E-state index contributed by atoms with van der Waals surface area (Å²) in [4.78, 5) is 24.6. The first-order chi connectivity index (χ1) is 14.8. The molecule has 0 aliphatic carbocycles. The van der Waals surface area contributed by atoms with Crippen LogP contribution in [0.1, 0.15) is 29.1 Å². The van der Waals surface area contributed by atoms with Crippen LogP contribution in [0.25, 0.3) is 0 Å². The molecule has 162 valence electrons. The number of carbonyl (C=O) groups is 2. The smallest absolute Gasteiger partial charge is 0.254 e. The van der Waals surface area contributed by atoms with Gasteiger partial charge in [-0.15, -0.1) is 10.2 Å². The van der Waals surface area contributed by atoms with Crippen molar-refractivity contribution >= 4 is 52.5 Å². The molecule has 3 aromatic rings. The van der Waals surface area contributed by atoms with E-state index in [2.05, 4.69) is 20.8 Å². The maximum Gasteiger partial charge on any atom is 0.254 e. The van der Waals surface area contributed by atoms with Crippen LogP contribution in [0, 0.1) is 5.82 Å². The van der Waals surface area contributed by atoms with Crippen molar-refractivity contribution in [2.45, 2.75) is 18.1 Å². The van der Waals surface area contributed by atoms with Gasteiger partial charge in [0, 0.05) is 12.1 Å². The van der Waals surface area contributed by atoms with Gasteiger partial charge in [-0.2, -0.15) is 0 Å². The molecule has 3 rings (SSSR count). The quantitative estimate of drug-likeness (QED) is 0.485. The molecule has 11 heteroatoms. The molecule has 1 atom stereocenters. The first-order valence-corrected chi connectivity index (χ1v) is 10.8. The Bertz CT molecular complexity index is 1120. The summed E-state index contributed by atoms with van der Waals surface area (Å²) in [5.74, 6) is -0.899. The lowest BCUT2D eigenvalue weighted by molar-refractivity contribution is -0.113. The third kappa shape index (κ3) is 5.75. The van der Waals surface area contributed by atoms with Crippen LogP contribution in [-0.2, 0) is 11.8 Å². The summed E-state index contributed by atoms with van der Waals surface area (Å²) >= 11 is 13.1. The van der Waals surface area contributed by atoms with Gasteiger partial charge in [0.2, 0.25) is 5.91 Å². The van der Waals surface area contributed by atoms with E-state index in [4.69, 9.17) is 23.2 Å². The van der Waals surface area contributed by atoms with Gasteiger partial charge < -0.3 is 15.2 Å². The van der Waals surface area contributed by atoms with E-state index < -0.39 is 17.8 Å². The summed E-state index contributed by atoms with van der Waals surface area (Å²) < 4.78 is 15.5. The van der Waals surface area contributed by atoms with E-state index in [-0.39, 0.29) is 17.2 Å². The molecule has 0 aliphatic rings. The number of anilines is 1. The van der Waals surface area contributed by atoms with Crippen LogP contribution in [0.3, 0.4) is 0 Å². The van der Waals surface area contributed by atoms with Crippen LogP contribution in [0.2, 0.25) is 10.0 Å². The van der Waals surface area contributed by atoms with E-state index >= 15 is 0 Å². The van der Waals surface area contributed by atoms with Gasteiger partial charge in [0.1, 0.15) is 5.82 Å². The molecule has 0 aliphatic heterocycles. The van der Waals surface area contributed by atoms with E-state index in [9.17, 15) is 14.0 Å². The van der Waals surface area contributed by atoms with Crippen molar-refractivity contribution < 1.29 is 14.0 Å². The molecule has 0 saturated carbocycles. The normalized spacial score (nSPS) is 11.8. The molecular formula is C20H18Cl2FN5O2S. The van der Waals surface area contributed by atoms with Crippen molar-refractivity contribution in [3.8, 4) is 0 Å². The van der Waals surface area contributed by atoms with Gasteiger partial charge >= 0.3 is 0 Å². The van der Waals surface area contributed by atoms with Gasteiger partial charge in [0.05, 0.1) is 28.1 Å². The monoisotopic (exact) mass is 481 g/mol. The Morgan fingerprint density at radius 1 is 1.19 bits per heavy atom. The Morgan fingerprint density at radius 3 is 2.65 bits per heavy atom. The highest BCUT2D eigenvalue weighted by atomic mass is 35.5. The lowest BCUT2D eigenvalue weighted by atomic mass is 10.2. The Kier molecular flexibility index (Phi) is 7.53. The highest BCUT2D eigenvalue weighted by molar-refractivity contribution is 7.99. The Hall–Kier alpha value is -2.62. The van der Waals surface area contributed by atoms with Crippen LogP contribution in [0.15, 0.2) is 47.6 Å². The number of carbonyl (C=O) groups excluding carboxylic acids is 2. The molecule has 0 radical (unpaired) electrons. The van der Waals surface area contributed by atoms with Crippen molar-refractivity contribution in [3.05, 3.63) is 69.7 Å². The molecule has 7 nitrogen and oxygen atoms in total. The Labute approximate surface area is 192 Å². The van der Waals surface area contributed by atoms with Crippen molar-refractivity contribution in [2.75, 3.05) is 11.1 Å². The van der Waals surface area contributed by atoms with Gasteiger partial charge in [0.15, 0.2) is 11.0 Å². The number of rotatable bonds is 7. The summed E-state index contributed by atoms with van der Waals surface area (Å²) in [5, 5.41) is 14.9. The van der Waals surface area contributed by atoms with Crippen LogP contribution >= 0.6 is 35.0 Å². The number of halogens is 3. The van der Waals surface area contributed by atoms with Crippen molar-refractivity contribution in [2.24, 2.45) is 7.05 Å². The zero-order valence-corrected chi connectivity index (χ0v) is 18.9. The molecule has 0 saturated heterocycles. The fourth-order valence-corrected chi connectivity index (χ4v) is 3.89. The summed E-state index contributed by atoms with van der Waals surface area (Å²) in [5.41, 5.74) is 0.406. The number of thioether (sulfide) groups is 1. The standard InChI is InChI=1S/C20H18Cl2FN5O2S/c1-11(24-19(30)13-5-3-4-6-15(13)23)18-26-27-20(28(18)2)31-10-17(29)25-16-8-7-12(21)9-14(16)22/h3-9,11H,10H2,1-2H3,(H,24,30)(H,25,29)/t11-/m1/s1. The summed E-state index contributed by atoms with van der Waals surface area (Å²) in [6.45, 7) is 1.71. The van der Waals surface area contributed by atoms with Gasteiger partial charge in [-0.1, -0.05) is 47.1 Å². The predicted octanol–water partition coefficient (Wildman–Crippen LogP) is 4.48. The predicted molar refractivity (Wildman–Crippen MR) is 119 cm³/mol. The van der Waals surface area contributed by atoms with Crippen LogP contribution < -0.4 is 10.6 Å². The average molecular weight is 482 g/mol. The minimum atomic E-state index is -0.604. The van der Waals surface area contributed by atoms with E-state index in [0.29, 0.717) is 26.7 Å². The zero-order valence-electron chi connectivity index (χ0n) is 16.5. The minimum absolute atomic E-state index is 0.0522. The molecule has 2 N–H and O–H groups in total. The Balaban J connectivity index is 1.59. The van der Waals surface area contributed by atoms with Crippen molar-refractivity contribution in [3.63, 3.8) is 0 Å². The first-order valence-electron chi connectivity index (χ1n) is 9.08. The van der Waals surface area contributed by atoms with E-state index in [1.54, 1.807) is 36.7 Å². The number of nitrogens with zero attached hydrogens (tertiary/aromatic N) is 3. The number of hydrogen-bond donors (Lipinski definition) is 2. The average Bonchev–Trinajstić information content (AvgIpc) is 3.09. The topological polar surface area (TPSA) is 88.9 Å². The Morgan fingerprint density at radius 2 is 1.94 bits per heavy atom. The SMILES string of the molecule is C[C@@H](NC(=O)c1ccccc1F)c1nnc(SCC(=O)Nc2ccc(Cl)cc2Cl)n1C. The molecular weight excluding hydrogens is 464 g/mol. The molecule has 2 aromatic carbocycles. The van der Waals surface area contributed by atoms with Crippen molar-refractivity contribution in [1.82, 2.24) is 20.1 Å². The first kappa shape index (κ1) is 23.1. The van der Waals surface area contributed by atoms with Gasteiger partial charge in [-0.05, 0) is 37.3 Å². The number of aromatic nitrogens is 3. The van der Waals surface area contributed by atoms with Crippen molar-refractivity contribution in [1.29, 1.82) is 0 Å². The fraction of sp³-hybridized carbons (Fsp3) is 0.200. The number of amides is 2. The third-order valence-electron chi connectivity index (χ3n) is 4.26. The molecule has 0 unspecified atom stereocenters. The number of nitrogens with one attached hydrogen (secondary N) is 2.